The van der Waals surface area contributed by atoms with Gasteiger partial charge in [-0.2, -0.15) is 0 Å². The highest BCUT2D eigenvalue weighted by molar-refractivity contribution is 5.25. The van der Waals surface area contributed by atoms with Gasteiger partial charge in [0.25, 0.3) is 0 Å². The van der Waals surface area contributed by atoms with Crippen LogP contribution in [-0.2, 0) is 5.54 Å². The van der Waals surface area contributed by atoms with Crippen molar-refractivity contribution in [3.05, 3.63) is 35.9 Å². The van der Waals surface area contributed by atoms with E-state index in [0.717, 1.165) is 18.5 Å². The summed E-state index contributed by atoms with van der Waals surface area (Å²) >= 11 is 0. The molecule has 0 amide bonds. The molecule has 0 spiro atoms. The number of likely N-dealkylation sites (N-methyl/N-ethyl adjacent to an activating group) is 1. The highest BCUT2D eigenvalue weighted by Gasteiger charge is 2.40. The van der Waals surface area contributed by atoms with E-state index in [1.54, 1.807) is 0 Å². The molecule has 3 unspecified atom stereocenters. The van der Waals surface area contributed by atoms with E-state index in [1.165, 1.54) is 44.2 Å². The number of rotatable bonds is 5. The molecule has 116 valence electrons. The highest BCUT2D eigenvalue weighted by atomic mass is 16.3. The molecule has 0 bridgehead atoms. The van der Waals surface area contributed by atoms with Crippen LogP contribution in [0.5, 0.6) is 0 Å². The van der Waals surface area contributed by atoms with Crippen LogP contribution in [0.4, 0.5) is 0 Å². The van der Waals surface area contributed by atoms with Gasteiger partial charge in [-0.1, -0.05) is 36.8 Å². The molecule has 1 saturated carbocycles. The Morgan fingerprint density at radius 3 is 2.67 bits per heavy atom. The molecule has 1 aliphatic carbocycles. The van der Waals surface area contributed by atoms with Crippen LogP contribution in [0, 0.1) is 5.92 Å². The quantitative estimate of drug-likeness (QED) is 0.873. The average Bonchev–Trinajstić information content (AvgIpc) is 3.03. The molecule has 0 radical (unpaired) electrons. The molecule has 3 nitrogen and oxygen atoms in total. The second-order valence-electron chi connectivity index (χ2n) is 6.73. The van der Waals surface area contributed by atoms with Gasteiger partial charge >= 0.3 is 0 Å². The van der Waals surface area contributed by atoms with Crippen LogP contribution < -0.4 is 5.32 Å². The number of likely N-dealkylation sites (tertiary alicyclic amines) is 1. The van der Waals surface area contributed by atoms with E-state index in [1.807, 2.05) is 13.1 Å². The molecule has 0 aromatic heterocycles. The molecule has 3 rings (SSSR count). The molecule has 2 N–H and O–H groups in total. The number of nitrogens with zero attached hydrogens (tertiary/aromatic N) is 1. The summed E-state index contributed by atoms with van der Waals surface area (Å²) < 4.78 is 0. The van der Waals surface area contributed by atoms with Crippen molar-refractivity contribution in [1.82, 2.24) is 10.2 Å². The lowest BCUT2D eigenvalue weighted by molar-refractivity contribution is 0.0516. The first-order valence-electron chi connectivity index (χ1n) is 8.38. The smallest absolute Gasteiger partial charge is 0.0795 e. The van der Waals surface area contributed by atoms with Gasteiger partial charge in [0.2, 0.25) is 0 Å². The minimum atomic E-state index is -0.342. The Morgan fingerprint density at radius 2 is 1.95 bits per heavy atom. The molecule has 2 fully saturated rings. The minimum absolute atomic E-state index is 0.140. The fourth-order valence-electron chi connectivity index (χ4n) is 4.39. The predicted molar refractivity (Wildman–Crippen MR) is 86.2 cm³/mol. The molecule has 1 saturated heterocycles. The Morgan fingerprint density at radius 1 is 1.19 bits per heavy atom. The van der Waals surface area contributed by atoms with Crippen molar-refractivity contribution in [2.24, 2.45) is 5.92 Å². The first-order valence-corrected chi connectivity index (χ1v) is 8.38. The number of piperidine rings is 1. The van der Waals surface area contributed by atoms with Gasteiger partial charge < -0.3 is 10.4 Å². The van der Waals surface area contributed by atoms with E-state index in [4.69, 9.17) is 0 Å². The van der Waals surface area contributed by atoms with Crippen molar-refractivity contribution in [2.45, 2.75) is 43.7 Å². The second-order valence-corrected chi connectivity index (χ2v) is 6.73. The lowest BCUT2D eigenvalue weighted by Crippen LogP contribution is -2.56. The molecule has 21 heavy (non-hydrogen) atoms. The average molecular weight is 288 g/mol. The number of nitrogens with one attached hydrogen (secondary N) is 1. The van der Waals surface area contributed by atoms with Gasteiger partial charge in [-0.25, -0.2) is 0 Å². The molecule has 1 aromatic rings. The van der Waals surface area contributed by atoms with Crippen molar-refractivity contribution < 1.29 is 5.11 Å². The summed E-state index contributed by atoms with van der Waals surface area (Å²) in [5.74, 6) is 0.891. The molecular formula is C18H28N2O. The van der Waals surface area contributed by atoms with Gasteiger partial charge in [-0.05, 0) is 50.8 Å². The van der Waals surface area contributed by atoms with E-state index in [0.29, 0.717) is 0 Å². The third kappa shape index (κ3) is 2.87. The molecule has 1 aromatic carbocycles. The van der Waals surface area contributed by atoms with Crippen LogP contribution in [0.25, 0.3) is 0 Å². The zero-order chi connectivity index (χ0) is 14.7. The molecule has 3 atom stereocenters. The molecule has 2 aliphatic rings. The SMILES string of the molecule is CNC(CO)(CN1CCCC2CCCC21)c1ccccc1. The zero-order valence-corrected chi connectivity index (χ0v) is 13.1. The van der Waals surface area contributed by atoms with Crippen LogP contribution >= 0.6 is 0 Å². The Balaban J connectivity index is 1.81. The van der Waals surface area contributed by atoms with Crippen molar-refractivity contribution in [3.63, 3.8) is 0 Å². The van der Waals surface area contributed by atoms with Crippen molar-refractivity contribution in [1.29, 1.82) is 0 Å². The van der Waals surface area contributed by atoms with E-state index >= 15 is 0 Å². The zero-order valence-electron chi connectivity index (χ0n) is 13.1. The summed E-state index contributed by atoms with van der Waals surface area (Å²) in [6.45, 7) is 2.23. The number of benzene rings is 1. The Hall–Kier alpha value is -0.900. The monoisotopic (exact) mass is 288 g/mol. The maximum atomic E-state index is 10.1. The topological polar surface area (TPSA) is 35.5 Å². The van der Waals surface area contributed by atoms with Crippen LogP contribution in [-0.4, -0.2) is 42.8 Å². The van der Waals surface area contributed by atoms with Crippen molar-refractivity contribution >= 4 is 0 Å². The summed E-state index contributed by atoms with van der Waals surface area (Å²) in [4.78, 5) is 2.64. The second kappa shape index (κ2) is 6.47. The Bertz CT molecular complexity index is 444. The maximum absolute atomic E-state index is 10.1. The fraction of sp³-hybridized carbons (Fsp3) is 0.667. The molecule has 1 aliphatic heterocycles. The fourth-order valence-corrected chi connectivity index (χ4v) is 4.39. The van der Waals surface area contributed by atoms with Gasteiger partial charge in [0, 0.05) is 12.6 Å². The van der Waals surface area contributed by atoms with E-state index in [9.17, 15) is 5.11 Å². The molecule has 3 heteroatoms. The summed E-state index contributed by atoms with van der Waals surface area (Å²) in [5.41, 5.74) is 0.848. The summed E-state index contributed by atoms with van der Waals surface area (Å²) in [6, 6.07) is 11.2. The summed E-state index contributed by atoms with van der Waals surface area (Å²) in [5, 5.41) is 13.5. The van der Waals surface area contributed by atoms with E-state index < -0.39 is 0 Å². The van der Waals surface area contributed by atoms with Gasteiger partial charge in [0.05, 0.1) is 12.1 Å². The van der Waals surface area contributed by atoms with Crippen LogP contribution in [0.15, 0.2) is 30.3 Å². The van der Waals surface area contributed by atoms with Gasteiger partial charge in [-0.3, -0.25) is 4.90 Å². The number of fused-ring (bicyclic) bond motifs is 1. The largest absolute Gasteiger partial charge is 0.394 e. The van der Waals surface area contributed by atoms with E-state index in [-0.39, 0.29) is 12.1 Å². The standard InChI is InChI=1S/C18H28N2O/c1-19-18(14-21,16-9-3-2-4-10-16)13-20-12-6-8-15-7-5-11-17(15)20/h2-4,9-10,15,17,19,21H,5-8,11-14H2,1H3. The molecular weight excluding hydrogens is 260 g/mol. The Labute approximate surface area is 128 Å². The number of hydrogen-bond acceptors (Lipinski definition) is 3. The molecule has 1 heterocycles. The van der Waals surface area contributed by atoms with Crippen molar-refractivity contribution in [2.75, 3.05) is 26.7 Å². The van der Waals surface area contributed by atoms with Crippen LogP contribution in [0.1, 0.15) is 37.7 Å². The summed E-state index contributed by atoms with van der Waals surface area (Å²) in [6.07, 6.45) is 6.82. The number of aliphatic hydroxyl groups excluding tert-OH is 1. The lowest BCUT2D eigenvalue weighted by Gasteiger charge is -2.44. The third-order valence-corrected chi connectivity index (χ3v) is 5.66. The van der Waals surface area contributed by atoms with E-state index in [2.05, 4.69) is 34.5 Å². The van der Waals surface area contributed by atoms with Crippen molar-refractivity contribution in [3.8, 4) is 0 Å². The van der Waals surface area contributed by atoms with Gasteiger partial charge in [0.15, 0.2) is 0 Å². The normalized spacial score (nSPS) is 29.0. The Kier molecular flexibility index (Phi) is 4.63. The minimum Gasteiger partial charge on any atom is -0.394 e. The predicted octanol–water partition coefficient (Wildman–Crippen LogP) is 2.36. The first-order chi connectivity index (χ1) is 10.3. The van der Waals surface area contributed by atoms with Crippen LogP contribution in [0.3, 0.4) is 0 Å². The summed E-state index contributed by atoms with van der Waals surface area (Å²) in [7, 11) is 1.97. The maximum Gasteiger partial charge on any atom is 0.0795 e. The number of aliphatic hydroxyl groups is 1. The van der Waals surface area contributed by atoms with Gasteiger partial charge in [0.1, 0.15) is 0 Å². The number of hydrogen-bond donors (Lipinski definition) is 2. The van der Waals surface area contributed by atoms with Crippen LogP contribution in [0.2, 0.25) is 0 Å². The lowest BCUT2D eigenvalue weighted by atomic mass is 9.86. The highest BCUT2D eigenvalue weighted by Crippen LogP contribution is 2.38. The third-order valence-electron chi connectivity index (χ3n) is 5.66. The van der Waals surface area contributed by atoms with Gasteiger partial charge in [-0.15, -0.1) is 0 Å². The first kappa shape index (κ1) is 15.0.